The van der Waals surface area contributed by atoms with Crippen molar-refractivity contribution < 1.29 is 9.18 Å². The Balaban J connectivity index is 1.84. The molecule has 92 valence electrons. The summed E-state index contributed by atoms with van der Waals surface area (Å²) in [6, 6.07) is 2.90. The smallest absolute Gasteiger partial charge is 0.237 e. The molecule has 1 aromatic rings. The highest BCUT2D eigenvalue weighted by molar-refractivity contribution is 5.82. The molecule has 1 fully saturated rings. The lowest BCUT2D eigenvalue weighted by atomic mass is 10.1. The largest absolute Gasteiger partial charge is 0.351 e. The maximum absolute atomic E-state index is 12.8. The van der Waals surface area contributed by atoms with Crippen LogP contribution in [0.25, 0.3) is 0 Å². The lowest BCUT2D eigenvalue weighted by Gasteiger charge is -2.11. The summed E-state index contributed by atoms with van der Waals surface area (Å²) in [6.45, 7) is 3.32. The maximum Gasteiger partial charge on any atom is 0.237 e. The third-order valence-electron chi connectivity index (χ3n) is 2.92. The Labute approximate surface area is 99.6 Å². The fourth-order valence-corrected chi connectivity index (χ4v) is 1.98. The highest BCUT2D eigenvalue weighted by Crippen LogP contribution is 2.12. The third kappa shape index (κ3) is 3.23. The Morgan fingerprint density at radius 1 is 1.71 bits per heavy atom. The van der Waals surface area contributed by atoms with Crippen molar-refractivity contribution in [1.82, 2.24) is 15.6 Å². The molecule has 1 amide bonds. The molecular formula is C12H16FN3O. The molecule has 2 heterocycles. The number of nitrogens with zero attached hydrogens (tertiary/aromatic N) is 1. The van der Waals surface area contributed by atoms with Crippen molar-refractivity contribution in [2.45, 2.75) is 25.9 Å². The van der Waals surface area contributed by atoms with E-state index < -0.39 is 5.95 Å². The van der Waals surface area contributed by atoms with Gasteiger partial charge in [-0.15, -0.1) is 0 Å². The van der Waals surface area contributed by atoms with E-state index in [1.807, 2.05) is 0 Å². The second-order valence-electron chi connectivity index (χ2n) is 4.51. The first-order chi connectivity index (χ1) is 8.15. The Morgan fingerprint density at radius 2 is 2.53 bits per heavy atom. The molecule has 0 bridgehead atoms. The van der Waals surface area contributed by atoms with E-state index in [-0.39, 0.29) is 11.9 Å². The number of aromatic nitrogens is 1. The van der Waals surface area contributed by atoms with Crippen LogP contribution >= 0.6 is 0 Å². The zero-order valence-electron chi connectivity index (χ0n) is 9.74. The van der Waals surface area contributed by atoms with Crippen molar-refractivity contribution in [2.75, 3.05) is 6.54 Å². The average molecular weight is 237 g/mol. The van der Waals surface area contributed by atoms with E-state index in [0.717, 1.165) is 18.5 Å². The standard InChI is InChI=1S/C12H16FN3O/c1-8-4-10(15-6-8)12(17)16-7-9-2-3-14-11(13)5-9/h2-3,5,8,10,15H,4,6-7H2,1H3,(H,16,17)/t8?,10-/m0/s1. The summed E-state index contributed by atoms with van der Waals surface area (Å²) in [5, 5.41) is 5.95. The SMILES string of the molecule is CC1CN[C@H](C(=O)NCc2ccnc(F)c2)C1. The Kier molecular flexibility index (Phi) is 3.68. The number of pyridine rings is 1. The van der Waals surface area contributed by atoms with Crippen LogP contribution in [0.4, 0.5) is 4.39 Å². The van der Waals surface area contributed by atoms with Gasteiger partial charge in [0.15, 0.2) is 0 Å². The van der Waals surface area contributed by atoms with E-state index in [4.69, 9.17) is 0 Å². The summed E-state index contributed by atoms with van der Waals surface area (Å²) in [4.78, 5) is 15.2. The zero-order valence-corrected chi connectivity index (χ0v) is 9.74. The minimum absolute atomic E-state index is 0.0217. The van der Waals surface area contributed by atoms with Gasteiger partial charge in [0.25, 0.3) is 0 Å². The minimum Gasteiger partial charge on any atom is -0.351 e. The van der Waals surface area contributed by atoms with Crippen LogP contribution in [0.15, 0.2) is 18.3 Å². The molecule has 0 radical (unpaired) electrons. The summed E-state index contributed by atoms with van der Waals surface area (Å²) < 4.78 is 12.8. The predicted molar refractivity (Wildman–Crippen MR) is 61.6 cm³/mol. The maximum atomic E-state index is 12.8. The normalized spacial score (nSPS) is 23.6. The molecule has 2 atom stereocenters. The van der Waals surface area contributed by atoms with Crippen LogP contribution in [0.3, 0.4) is 0 Å². The van der Waals surface area contributed by atoms with E-state index in [0.29, 0.717) is 12.5 Å². The van der Waals surface area contributed by atoms with Crippen molar-refractivity contribution in [3.8, 4) is 0 Å². The molecule has 0 aliphatic carbocycles. The zero-order chi connectivity index (χ0) is 12.3. The van der Waals surface area contributed by atoms with Gasteiger partial charge in [-0.25, -0.2) is 4.98 Å². The summed E-state index contributed by atoms with van der Waals surface area (Å²) in [6.07, 6.45) is 2.25. The van der Waals surface area contributed by atoms with Gasteiger partial charge in [0.2, 0.25) is 11.9 Å². The molecule has 4 nitrogen and oxygen atoms in total. The molecule has 1 aliphatic rings. The monoisotopic (exact) mass is 237 g/mol. The molecule has 1 aromatic heterocycles. The second kappa shape index (κ2) is 5.23. The summed E-state index contributed by atoms with van der Waals surface area (Å²) in [7, 11) is 0. The highest BCUT2D eigenvalue weighted by Gasteiger charge is 2.26. The second-order valence-corrected chi connectivity index (χ2v) is 4.51. The van der Waals surface area contributed by atoms with Crippen molar-refractivity contribution in [2.24, 2.45) is 5.92 Å². The molecule has 1 aliphatic heterocycles. The number of hydrogen-bond donors (Lipinski definition) is 2. The van der Waals surface area contributed by atoms with Gasteiger partial charge in [-0.1, -0.05) is 6.92 Å². The molecule has 0 saturated carbocycles. The minimum atomic E-state index is -0.524. The molecule has 1 saturated heterocycles. The average Bonchev–Trinajstić information content (AvgIpc) is 2.73. The molecule has 17 heavy (non-hydrogen) atoms. The van der Waals surface area contributed by atoms with Gasteiger partial charge in [0.05, 0.1) is 6.04 Å². The van der Waals surface area contributed by atoms with Gasteiger partial charge in [0, 0.05) is 12.7 Å². The predicted octanol–water partition coefficient (Wildman–Crippen LogP) is 0.835. The lowest BCUT2D eigenvalue weighted by Crippen LogP contribution is -2.40. The van der Waals surface area contributed by atoms with E-state index in [1.165, 1.54) is 12.3 Å². The molecule has 2 N–H and O–H groups in total. The van der Waals surface area contributed by atoms with Gasteiger partial charge in [-0.3, -0.25) is 4.79 Å². The molecule has 0 aromatic carbocycles. The summed E-state index contributed by atoms with van der Waals surface area (Å²) >= 11 is 0. The number of rotatable bonds is 3. The van der Waals surface area contributed by atoms with E-state index in [2.05, 4.69) is 22.5 Å². The fraction of sp³-hybridized carbons (Fsp3) is 0.500. The summed E-state index contributed by atoms with van der Waals surface area (Å²) in [5.41, 5.74) is 0.719. The van der Waals surface area contributed by atoms with Crippen molar-refractivity contribution in [3.63, 3.8) is 0 Å². The highest BCUT2D eigenvalue weighted by atomic mass is 19.1. The van der Waals surface area contributed by atoms with Crippen molar-refractivity contribution in [1.29, 1.82) is 0 Å². The van der Waals surface area contributed by atoms with E-state index in [9.17, 15) is 9.18 Å². The number of carbonyl (C=O) groups excluding carboxylic acids is 1. The van der Waals surface area contributed by atoms with Crippen molar-refractivity contribution >= 4 is 5.91 Å². The first kappa shape index (κ1) is 12.0. The number of hydrogen-bond acceptors (Lipinski definition) is 3. The quantitative estimate of drug-likeness (QED) is 0.766. The van der Waals surface area contributed by atoms with E-state index in [1.54, 1.807) is 6.07 Å². The van der Waals surface area contributed by atoms with Gasteiger partial charge in [-0.2, -0.15) is 4.39 Å². The Hall–Kier alpha value is -1.49. The third-order valence-corrected chi connectivity index (χ3v) is 2.92. The van der Waals surface area contributed by atoms with Crippen LogP contribution in [0.1, 0.15) is 18.9 Å². The number of halogens is 1. The number of amides is 1. The van der Waals surface area contributed by atoms with Crippen LogP contribution < -0.4 is 10.6 Å². The van der Waals surface area contributed by atoms with Gasteiger partial charge in [-0.05, 0) is 36.6 Å². The molecule has 5 heteroatoms. The topological polar surface area (TPSA) is 54.0 Å². The molecule has 2 rings (SSSR count). The van der Waals surface area contributed by atoms with E-state index >= 15 is 0 Å². The lowest BCUT2D eigenvalue weighted by molar-refractivity contribution is -0.123. The molecule has 1 unspecified atom stereocenters. The molecular weight excluding hydrogens is 221 g/mol. The number of carbonyl (C=O) groups is 1. The summed E-state index contributed by atoms with van der Waals surface area (Å²) in [5.74, 6) is -0.0138. The fourth-order valence-electron chi connectivity index (χ4n) is 1.98. The van der Waals surface area contributed by atoms with Crippen molar-refractivity contribution in [3.05, 3.63) is 29.8 Å². The Morgan fingerprint density at radius 3 is 3.18 bits per heavy atom. The van der Waals surface area contributed by atoms with Crippen LogP contribution in [-0.4, -0.2) is 23.5 Å². The first-order valence-corrected chi connectivity index (χ1v) is 5.76. The first-order valence-electron chi connectivity index (χ1n) is 5.76. The van der Waals surface area contributed by atoms with Crippen LogP contribution in [0, 0.1) is 11.9 Å². The Bertz CT molecular complexity index is 410. The van der Waals surface area contributed by atoms with Crippen LogP contribution in [0.5, 0.6) is 0 Å². The molecule has 0 spiro atoms. The van der Waals surface area contributed by atoms with Gasteiger partial charge < -0.3 is 10.6 Å². The van der Waals surface area contributed by atoms with Crippen LogP contribution in [0.2, 0.25) is 0 Å². The van der Waals surface area contributed by atoms with Gasteiger partial charge >= 0.3 is 0 Å². The van der Waals surface area contributed by atoms with Gasteiger partial charge in [0.1, 0.15) is 0 Å². The van der Waals surface area contributed by atoms with Crippen LogP contribution in [-0.2, 0) is 11.3 Å². The number of nitrogens with one attached hydrogen (secondary N) is 2.